The molecular formula is C39H64O10. The molecule has 0 spiro atoms. The minimum Gasteiger partial charge on any atom is -0.432 e. The molecule has 5 aliphatic carbocycles. The average molecular weight is 693 g/mol. The van der Waals surface area contributed by atoms with Gasteiger partial charge in [-0.15, -0.1) is 0 Å². The Bertz CT molecular complexity index is 1240. The van der Waals surface area contributed by atoms with Gasteiger partial charge in [-0.05, 0) is 122 Å². The van der Waals surface area contributed by atoms with E-state index in [2.05, 4.69) is 48.1 Å². The number of rotatable bonds is 8. The van der Waals surface area contributed by atoms with Crippen LogP contribution in [0, 0.1) is 56.7 Å². The van der Waals surface area contributed by atoms with E-state index in [0.717, 1.165) is 44.9 Å². The molecule has 6 rings (SSSR count). The Morgan fingerprint density at radius 2 is 1.55 bits per heavy atom. The van der Waals surface area contributed by atoms with Crippen molar-refractivity contribution in [3.05, 3.63) is 12.2 Å². The van der Waals surface area contributed by atoms with Crippen LogP contribution in [0.3, 0.4) is 0 Å². The van der Waals surface area contributed by atoms with Gasteiger partial charge in [0, 0.05) is 12.0 Å². The van der Waals surface area contributed by atoms with E-state index in [-0.39, 0.29) is 46.4 Å². The third-order valence-electron chi connectivity index (χ3n) is 16.2. The summed E-state index contributed by atoms with van der Waals surface area (Å²) in [6.45, 7) is 18.4. The molecule has 5 N–H and O–H groups in total. The fourth-order valence-electron chi connectivity index (χ4n) is 13.4. The Morgan fingerprint density at radius 1 is 0.816 bits per heavy atom. The van der Waals surface area contributed by atoms with Gasteiger partial charge in [-0.1, -0.05) is 46.8 Å². The Kier molecular flexibility index (Phi) is 10.2. The summed E-state index contributed by atoms with van der Waals surface area (Å²) in [6, 6.07) is 0. The third-order valence-corrected chi connectivity index (χ3v) is 16.2. The van der Waals surface area contributed by atoms with Crippen LogP contribution in [-0.4, -0.2) is 94.9 Å². The zero-order chi connectivity index (χ0) is 35.7. The van der Waals surface area contributed by atoms with Crippen LogP contribution in [0.2, 0.25) is 0 Å². The highest BCUT2D eigenvalue weighted by Crippen LogP contribution is 2.77. The lowest BCUT2D eigenvalue weighted by atomic mass is 9.32. The molecule has 0 bridgehead atoms. The summed E-state index contributed by atoms with van der Waals surface area (Å²) in [5.74, 6) is 2.61. The molecule has 1 heterocycles. The zero-order valence-electron chi connectivity index (χ0n) is 30.7. The van der Waals surface area contributed by atoms with Crippen LogP contribution >= 0.6 is 0 Å². The maximum atomic E-state index is 12.9. The standard InChI is InChI=1S/C39H64O10/c1-22(2)23-10-15-39(21-41)17-16-37(6)24(29(23)39)8-9-27-36(5)13-12-28(35(3,4)26(36)11-14-38(27,37)7)49-34(45)47-19-18-46-33-32(44)31(43)30(42)25(20-40)48-33/h23-33,40-44H,1,8-21H2,2-7H3/t23?,24?,25-,26?,27?,28?,29?,30-,31+,32-,33-,36+,37-,38-,39-/m1/s1. The number of aliphatic hydroxyl groups excluding tert-OH is 5. The molecule has 0 aromatic carbocycles. The molecule has 6 unspecified atom stereocenters. The van der Waals surface area contributed by atoms with E-state index in [1.165, 1.54) is 24.8 Å². The van der Waals surface area contributed by atoms with Gasteiger partial charge < -0.3 is 44.5 Å². The van der Waals surface area contributed by atoms with Gasteiger partial charge in [0.25, 0.3) is 0 Å². The topological polar surface area (TPSA) is 155 Å². The van der Waals surface area contributed by atoms with Crippen molar-refractivity contribution in [1.82, 2.24) is 0 Å². The summed E-state index contributed by atoms with van der Waals surface area (Å²) in [4.78, 5) is 12.9. The Balaban J connectivity index is 1.09. The van der Waals surface area contributed by atoms with Crippen molar-refractivity contribution < 1.29 is 49.3 Å². The monoisotopic (exact) mass is 692 g/mol. The van der Waals surface area contributed by atoms with Crippen molar-refractivity contribution in [3.63, 3.8) is 0 Å². The highest BCUT2D eigenvalue weighted by molar-refractivity contribution is 5.60. The van der Waals surface area contributed by atoms with E-state index in [0.29, 0.717) is 36.2 Å². The number of carbonyl (C=O) groups excluding carboxylic acids is 1. The van der Waals surface area contributed by atoms with E-state index in [4.69, 9.17) is 18.9 Å². The summed E-state index contributed by atoms with van der Waals surface area (Å²) < 4.78 is 22.2. The zero-order valence-corrected chi connectivity index (χ0v) is 30.7. The van der Waals surface area contributed by atoms with Crippen LogP contribution < -0.4 is 0 Å². The summed E-state index contributed by atoms with van der Waals surface area (Å²) in [5, 5.41) is 50.3. The molecule has 49 heavy (non-hydrogen) atoms. The van der Waals surface area contributed by atoms with Crippen LogP contribution in [0.25, 0.3) is 0 Å². The minimum atomic E-state index is -1.54. The second-order valence-corrected chi connectivity index (χ2v) is 18.3. The highest BCUT2D eigenvalue weighted by Gasteiger charge is 2.71. The van der Waals surface area contributed by atoms with E-state index < -0.39 is 43.5 Å². The maximum Gasteiger partial charge on any atom is 0.508 e. The Morgan fingerprint density at radius 3 is 2.22 bits per heavy atom. The number of fused-ring (bicyclic) bond motifs is 7. The van der Waals surface area contributed by atoms with Crippen molar-refractivity contribution in [3.8, 4) is 0 Å². The van der Waals surface area contributed by atoms with Gasteiger partial charge >= 0.3 is 6.16 Å². The van der Waals surface area contributed by atoms with Gasteiger partial charge in [0.2, 0.25) is 0 Å². The molecule has 5 saturated carbocycles. The maximum absolute atomic E-state index is 12.9. The molecule has 6 aliphatic rings. The van der Waals surface area contributed by atoms with Gasteiger partial charge in [0.05, 0.1) is 13.2 Å². The number of ether oxygens (including phenoxy) is 4. The lowest BCUT2D eigenvalue weighted by Gasteiger charge is -2.73. The van der Waals surface area contributed by atoms with Crippen LogP contribution in [0.5, 0.6) is 0 Å². The second-order valence-electron chi connectivity index (χ2n) is 18.3. The molecule has 15 atom stereocenters. The number of carbonyl (C=O) groups is 1. The molecular weight excluding hydrogens is 628 g/mol. The summed E-state index contributed by atoms with van der Waals surface area (Å²) >= 11 is 0. The summed E-state index contributed by atoms with van der Waals surface area (Å²) in [7, 11) is 0. The van der Waals surface area contributed by atoms with Crippen LogP contribution in [0.1, 0.15) is 106 Å². The Hall–Kier alpha value is -1.27. The quantitative estimate of drug-likeness (QED) is 0.134. The molecule has 10 heteroatoms. The number of aliphatic hydroxyl groups is 5. The lowest BCUT2D eigenvalue weighted by Crippen LogP contribution is -2.67. The van der Waals surface area contributed by atoms with Crippen molar-refractivity contribution in [2.75, 3.05) is 26.4 Å². The lowest BCUT2D eigenvalue weighted by molar-refractivity contribution is -0.302. The van der Waals surface area contributed by atoms with Gasteiger partial charge in [0.15, 0.2) is 6.29 Å². The smallest absolute Gasteiger partial charge is 0.432 e. The first-order chi connectivity index (χ1) is 23.0. The first kappa shape index (κ1) is 37.5. The third kappa shape index (κ3) is 5.73. The number of hydrogen-bond donors (Lipinski definition) is 5. The molecule has 0 radical (unpaired) electrons. The number of hydrogen-bond acceptors (Lipinski definition) is 10. The molecule has 0 aromatic rings. The van der Waals surface area contributed by atoms with Crippen LogP contribution in [0.15, 0.2) is 12.2 Å². The van der Waals surface area contributed by atoms with E-state index in [1.54, 1.807) is 0 Å². The first-order valence-electron chi connectivity index (χ1n) is 19.0. The normalized spacial score (nSPS) is 50.3. The first-order valence-corrected chi connectivity index (χ1v) is 19.0. The SMILES string of the molecule is C=C(C)C1CC[C@]2(CO)CC[C@]3(C)C(CCC4[C@@]5(C)CCC(OC(=O)OCCO[C@@H]6O[C@H](CO)[C@@H](O)[C@H](O)[C@H]6O)C(C)(C)C5CC[C@]43C)C12. The molecule has 10 nitrogen and oxygen atoms in total. The fraction of sp³-hybridized carbons (Fsp3) is 0.923. The van der Waals surface area contributed by atoms with E-state index in [9.17, 15) is 30.3 Å². The van der Waals surface area contributed by atoms with Crippen molar-refractivity contribution in [1.29, 1.82) is 0 Å². The van der Waals surface area contributed by atoms with E-state index in [1.807, 2.05) is 0 Å². The average Bonchev–Trinajstić information content (AvgIpc) is 3.45. The highest BCUT2D eigenvalue weighted by atomic mass is 16.7. The van der Waals surface area contributed by atoms with Gasteiger partial charge in [-0.3, -0.25) is 0 Å². The van der Waals surface area contributed by atoms with E-state index >= 15 is 0 Å². The van der Waals surface area contributed by atoms with Crippen molar-refractivity contribution >= 4 is 6.16 Å². The predicted octanol–water partition coefficient (Wildman–Crippen LogP) is 4.97. The Labute approximate surface area is 292 Å². The summed E-state index contributed by atoms with van der Waals surface area (Å²) in [6.07, 6.45) is 3.14. The van der Waals surface area contributed by atoms with Crippen LogP contribution in [-0.2, 0) is 18.9 Å². The molecule has 280 valence electrons. The molecule has 1 aliphatic heterocycles. The predicted molar refractivity (Wildman–Crippen MR) is 182 cm³/mol. The molecule has 6 fully saturated rings. The fourth-order valence-corrected chi connectivity index (χ4v) is 13.4. The largest absolute Gasteiger partial charge is 0.508 e. The van der Waals surface area contributed by atoms with Gasteiger partial charge in [0.1, 0.15) is 37.1 Å². The van der Waals surface area contributed by atoms with Gasteiger partial charge in [-0.25, -0.2) is 4.79 Å². The molecule has 0 amide bonds. The van der Waals surface area contributed by atoms with Crippen molar-refractivity contribution in [2.24, 2.45) is 56.7 Å². The van der Waals surface area contributed by atoms with Gasteiger partial charge in [-0.2, -0.15) is 0 Å². The van der Waals surface area contributed by atoms with Crippen LogP contribution in [0.4, 0.5) is 4.79 Å². The number of allylic oxidation sites excluding steroid dienone is 1. The van der Waals surface area contributed by atoms with Crippen molar-refractivity contribution in [2.45, 2.75) is 143 Å². The molecule has 1 saturated heterocycles. The summed E-state index contributed by atoms with van der Waals surface area (Å²) in [5.41, 5.74) is 1.65. The molecule has 0 aromatic heterocycles. The second kappa shape index (κ2) is 13.3. The minimum absolute atomic E-state index is 0.0517.